The van der Waals surface area contributed by atoms with E-state index in [9.17, 15) is 13.2 Å². The zero-order chi connectivity index (χ0) is 21.0. The fraction of sp³-hybridized carbons (Fsp3) is 0.316. The van der Waals surface area contributed by atoms with Gasteiger partial charge in [0.1, 0.15) is 13.2 Å². The number of benzene rings is 2. The van der Waals surface area contributed by atoms with E-state index >= 15 is 0 Å². The van der Waals surface area contributed by atoms with Crippen LogP contribution < -0.4 is 20.1 Å². The molecule has 0 spiro atoms. The number of ether oxygens (including phenoxy) is 2. The summed E-state index contributed by atoms with van der Waals surface area (Å²) < 4.78 is 37.8. The fourth-order valence-electron chi connectivity index (χ4n) is 2.73. The molecule has 0 aromatic heterocycles. The number of anilines is 1. The van der Waals surface area contributed by atoms with Crippen LogP contribution in [-0.2, 0) is 21.4 Å². The van der Waals surface area contributed by atoms with Crippen LogP contribution in [0.2, 0.25) is 0 Å². The van der Waals surface area contributed by atoms with Crippen LogP contribution >= 0.6 is 15.9 Å². The third kappa shape index (κ3) is 5.01. The largest absolute Gasteiger partial charge is 0.486 e. The van der Waals surface area contributed by atoms with Crippen LogP contribution in [0.5, 0.6) is 11.5 Å². The molecule has 0 fully saturated rings. The molecular formula is C19H22BrN3O5S. The number of fused-ring (bicyclic) bond motifs is 1. The molecule has 1 amide bonds. The highest BCUT2D eigenvalue weighted by Crippen LogP contribution is 2.38. The molecular weight excluding hydrogens is 462 g/mol. The Morgan fingerprint density at radius 2 is 1.79 bits per heavy atom. The van der Waals surface area contributed by atoms with Crippen LogP contribution in [0.25, 0.3) is 0 Å². The molecule has 0 saturated carbocycles. The summed E-state index contributed by atoms with van der Waals surface area (Å²) in [5.74, 6) is 0.992. The standard InChI is InChI=1S/C19H22BrN3O5S/c1-23(2)29(25,26)18-6-4-3-5-13(18)11-22-19(24)12-21-15-10-17-16(9-14(15)20)27-7-8-28-17/h3-6,9-10,21H,7-8,11-12H2,1-2H3,(H,22,24). The summed E-state index contributed by atoms with van der Waals surface area (Å²) in [4.78, 5) is 12.5. The zero-order valence-electron chi connectivity index (χ0n) is 16.1. The molecule has 2 aromatic carbocycles. The number of carbonyl (C=O) groups is 1. The molecule has 156 valence electrons. The first-order valence-electron chi connectivity index (χ1n) is 8.89. The zero-order valence-corrected chi connectivity index (χ0v) is 18.5. The highest BCUT2D eigenvalue weighted by molar-refractivity contribution is 9.10. The SMILES string of the molecule is CN(C)S(=O)(=O)c1ccccc1CNC(=O)CNc1cc2c(cc1Br)OCCO2. The van der Waals surface area contributed by atoms with Crippen molar-refractivity contribution in [1.29, 1.82) is 0 Å². The number of nitrogens with zero attached hydrogens (tertiary/aromatic N) is 1. The van der Waals surface area contributed by atoms with Crippen molar-refractivity contribution >= 4 is 37.5 Å². The highest BCUT2D eigenvalue weighted by Gasteiger charge is 2.21. The lowest BCUT2D eigenvalue weighted by Gasteiger charge is -2.20. The molecule has 1 heterocycles. The topological polar surface area (TPSA) is 97.0 Å². The molecule has 0 atom stereocenters. The molecule has 0 aliphatic carbocycles. The summed E-state index contributed by atoms with van der Waals surface area (Å²) in [7, 11) is -0.647. The van der Waals surface area contributed by atoms with Gasteiger partial charge in [-0.3, -0.25) is 4.79 Å². The number of rotatable bonds is 7. The van der Waals surface area contributed by atoms with Crippen molar-refractivity contribution in [2.45, 2.75) is 11.4 Å². The second kappa shape index (κ2) is 9.02. The van der Waals surface area contributed by atoms with Gasteiger partial charge in [0.05, 0.1) is 17.1 Å². The average molecular weight is 484 g/mol. The molecule has 0 saturated heterocycles. The van der Waals surface area contributed by atoms with Crippen molar-refractivity contribution in [3.05, 3.63) is 46.4 Å². The van der Waals surface area contributed by atoms with E-state index in [0.717, 1.165) is 8.78 Å². The van der Waals surface area contributed by atoms with Gasteiger partial charge in [-0.25, -0.2) is 12.7 Å². The lowest BCUT2D eigenvalue weighted by molar-refractivity contribution is -0.119. The van der Waals surface area contributed by atoms with Crippen molar-refractivity contribution in [3.8, 4) is 11.5 Å². The van der Waals surface area contributed by atoms with E-state index in [1.54, 1.807) is 30.3 Å². The molecule has 10 heteroatoms. The van der Waals surface area contributed by atoms with E-state index < -0.39 is 10.0 Å². The molecule has 3 rings (SSSR count). The van der Waals surface area contributed by atoms with Crippen molar-refractivity contribution in [1.82, 2.24) is 9.62 Å². The van der Waals surface area contributed by atoms with Crippen molar-refractivity contribution in [2.24, 2.45) is 0 Å². The molecule has 2 aromatic rings. The third-order valence-electron chi connectivity index (χ3n) is 4.28. The Labute approximate surface area is 178 Å². The van der Waals surface area contributed by atoms with Gasteiger partial charge in [0.15, 0.2) is 11.5 Å². The van der Waals surface area contributed by atoms with E-state index in [1.165, 1.54) is 20.2 Å². The van der Waals surface area contributed by atoms with Gasteiger partial charge in [-0.05, 0) is 27.6 Å². The monoisotopic (exact) mass is 483 g/mol. The number of sulfonamides is 1. The molecule has 2 N–H and O–H groups in total. The van der Waals surface area contributed by atoms with E-state index in [-0.39, 0.29) is 23.9 Å². The molecule has 1 aliphatic heterocycles. The second-order valence-corrected chi connectivity index (χ2v) is 9.48. The molecule has 29 heavy (non-hydrogen) atoms. The molecule has 8 nitrogen and oxygen atoms in total. The van der Waals surface area contributed by atoms with Crippen LogP contribution in [0.15, 0.2) is 45.8 Å². The summed E-state index contributed by atoms with van der Waals surface area (Å²) in [6.45, 7) is 1.09. The number of amides is 1. The summed E-state index contributed by atoms with van der Waals surface area (Å²) in [5, 5.41) is 5.79. The van der Waals surface area contributed by atoms with Gasteiger partial charge >= 0.3 is 0 Å². The minimum absolute atomic E-state index is 0.0147. The lowest BCUT2D eigenvalue weighted by atomic mass is 10.2. The van der Waals surface area contributed by atoms with Gasteiger partial charge in [0.2, 0.25) is 15.9 Å². The maximum Gasteiger partial charge on any atom is 0.242 e. The lowest BCUT2D eigenvalue weighted by Crippen LogP contribution is -2.31. The Hall–Kier alpha value is -2.30. The first kappa shape index (κ1) is 21.4. The molecule has 0 bridgehead atoms. The Morgan fingerprint density at radius 3 is 2.48 bits per heavy atom. The van der Waals surface area contributed by atoms with Crippen molar-refractivity contribution in [3.63, 3.8) is 0 Å². The van der Waals surface area contributed by atoms with Crippen LogP contribution in [0.4, 0.5) is 5.69 Å². The number of hydrogen-bond donors (Lipinski definition) is 2. The van der Waals surface area contributed by atoms with Crippen LogP contribution in [0, 0.1) is 0 Å². The normalized spacial score (nSPS) is 13.2. The smallest absolute Gasteiger partial charge is 0.242 e. The number of carbonyl (C=O) groups excluding carboxylic acids is 1. The first-order valence-corrected chi connectivity index (χ1v) is 11.1. The Balaban J connectivity index is 1.62. The average Bonchev–Trinajstić information content (AvgIpc) is 2.70. The summed E-state index contributed by atoms with van der Waals surface area (Å²) in [6.07, 6.45) is 0. The number of halogens is 1. The van der Waals surface area contributed by atoms with Crippen LogP contribution in [0.1, 0.15) is 5.56 Å². The number of hydrogen-bond acceptors (Lipinski definition) is 6. The second-order valence-electron chi connectivity index (χ2n) is 6.50. The highest BCUT2D eigenvalue weighted by atomic mass is 79.9. The predicted octanol–water partition coefficient (Wildman–Crippen LogP) is 2.20. The maximum absolute atomic E-state index is 12.4. The van der Waals surface area contributed by atoms with Gasteiger partial charge in [-0.15, -0.1) is 0 Å². The van der Waals surface area contributed by atoms with Gasteiger partial charge in [0, 0.05) is 37.2 Å². The van der Waals surface area contributed by atoms with Crippen LogP contribution in [0.3, 0.4) is 0 Å². The summed E-state index contributed by atoms with van der Waals surface area (Å²) >= 11 is 3.44. The Morgan fingerprint density at radius 1 is 1.14 bits per heavy atom. The Kier molecular flexibility index (Phi) is 6.66. The fourth-order valence-corrected chi connectivity index (χ4v) is 4.31. The minimum atomic E-state index is -3.59. The molecule has 0 radical (unpaired) electrons. The van der Waals surface area contributed by atoms with E-state index in [1.807, 2.05) is 0 Å². The van der Waals surface area contributed by atoms with Crippen LogP contribution in [-0.4, -0.2) is 52.5 Å². The van der Waals surface area contributed by atoms with E-state index in [0.29, 0.717) is 36.0 Å². The molecule has 0 unspecified atom stereocenters. The van der Waals surface area contributed by atoms with Crippen molar-refractivity contribution < 1.29 is 22.7 Å². The number of nitrogens with one attached hydrogen (secondary N) is 2. The Bertz CT molecular complexity index is 1010. The van der Waals surface area contributed by atoms with Gasteiger partial charge in [-0.1, -0.05) is 18.2 Å². The predicted molar refractivity (Wildman–Crippen MR) is 113 cm³/mol. The minimum Gasteiger partial charge on any atom is -0.486 e. The van der Waals surface area contributed by atoms with Gasteiger partial charge in [0.25, 0.3) is 0 Å². The van der Waals surface area contributed by atoms with Gasteiger partial charge < -0.3 is 20.1 Å². The molecule has 1 aliphatic rings. The summed E-state index contributed by atoms with van der Waals surface area (Å²) in [6, 6.07) is 10.2. The van der Waals surface area contributed by atoms with E-state index in [4.69, 9.17) is 9.47 Å². The van der Waals surface area contributed by atoms with Gasteiger partial charge in [-0.2, -0.15) is 0 Å². The summed E-state index contributed by atoms with van der Waals surface area (Å²) in [5.41, 5.74) is 1.22. The third-order valence-corrected chi connectivity index (χ3v) is 6.85. The quantitative estimate of drug-likeness (QED) is 0.626. The van der Waals surface area contributed by atoms with E-state index in [2.05, 4.69) is 26.6 Å². The van der Waals surface area contributed by atoms with Crippen molar-refractivity contribution in [2.75, 3.05) is 39.2 Å². The maximum atomic E-state index is 12.4. The first-order chi connectivity index (χ1) is 13.8.